The van der Waals surface area contributed by atoms with Gasteiger partial charge in [-0.15, -0.1) is 0 Å². The fourth-order valence-electron chi connectivity index (χ4n) is 3.26. The van der Waals surface area contributed by atoms with Crippen LogP contribution in [0.4, 0.5) is 0 Å². The quantitative estimate of drug-likeness (QED) is 0.285. The Morgan fingerprint density at radius 3 is 1.92 bits per heavy atom. The van der Waals surface area contributed by atoms with Crippen LogP contribution in [0.2, 0.25) is 0 Å². The number of benzene rings is 1. The molecule has 0 saturated heterocycles. The van der Waals surface area contributed by atoms with Crippen molar-refractivity contribution in [3.05, 3.63) is 29.3 Å². The van der Waals surface area contributed by atoms with Gasteiger partial charge in [-0.05, 0) is 37.0 Å². The van der Waals surface area contributed by atoms with Gasteiger partial charge in [-0.1, -0.05) is 84.1 Å². The summed E-state index contributed by atoms with van der Waals surface area (Å²) in [7, 11) is 0. The molecule has 0 saturated carbocycles. The minimum Gasteiger partial charge on any atom is -0.507 e. The number of rotatable bonds is 14. The van der Waals surface area contributed by atoms with Crippen molar-refractivity contribution in [2.75, 3.05) is 0 Å². The lowest BCUT2D eigenvalue weighted by atomic mass is 10.0. The molecule has 2 nitrogen and oxygen atoms in total. The Labute approximate surface area is 155 Å². The van der Waals surface area contributed by atoms with E-state index in [4.69, 9.17) is 0 Å². The van der Waals surface area contributed by atoms with Crippen LogP contribution >= 0.6 is 0 Å². The van der Waals surface area contributed by atoms with Gasteiger partial charge in [0, 0.05) is 6.42 Å². The van der Waals surface area contributed by atoms with E-state index in [0.717, 1.165) is 24.3 Å². The number of carbonyl (C=O) groups is 1. The third-order valence-corrected chi connectivity index (χ3v) is 4.89. The van der Waals surface area contributed by atoms with Crippen molar-refractivity contribution >= 4 is 5.78 Å². The molecule has 142 valence electrons. The van der Waals surface area contributed by atoms with Gasteiger partial charge in [0.2, 0.25) is 0 Å². The molecule has 0 atom stereocenters. The van der Waals surface area contributed by atoms with Gasteiger partial charge in [0.1, 0.15) is 5.75 Å². The lowest BCUT2D eigenvalue weighted by molar-refractivity contribution is 0.0976. The van der Waals surface area contributed by atoms with Crippen LogP contribution in [0.5, 0.6) is 5.75 Å². The molecule has 0 aliphatic carbocycles. The summed E-state index contributed by atoms with van der Waals surface area (Å²) in [5.74, 6) is 1.04. The molecule has 1 aromatic carbocycles. The van der Waals surface area contributed by atoms with Gasteiger partial charge in [0.15, 0.2) is 5.78 Å². The summed E-state index contributed by atoms with van der Waals surface area (Å²) in [6.07, 6.45) is 14.7. The first-order valence-electron chi connectivity index (χ1n) is 10.3. The predicted molar refractivity (Wildman–Crippen MR) is 107 cm³/mol. The highest BCUT2D eigenvalue weighted by molar-refractivity contribution is 5.98. The second kappa shape index (κ2) is 13.0. The van der Waals surface area contributed by atoms with E-state index >= 15 is 0 Å². The van der Waals surface area contributed by atoms with E-state index in [1.807, 2.05) is 13.0 Å². The summed E-state index contributed by atoms with van der Waals surface area (Å²) >= 11 is 0. The van der Waals surface area contributed by atoms with Gasteiger partial charge < -0.3 is 5.11 Å². The topological polar surface area (TPSA) is 37.3 Å². The van der Waals surface area contributed by atoms with Crippen LogP contribution in [0.1, 0.15) is 107 Å². The van der Waals surface area contributed by atoms with E-state index in [-0.39, 0.29) is 11.5 Å². The minimum absolute atomic E-state index is 0.0684. The summed E-state index contributed by atoms with van der Waals surface area (Å²) in [4.78, 5) is 12.1. The molecule has 0 spiro atoms. The van der Waals surface area contributed by atoms with E-state index in [2.05, 4.69) is 13.8 Å². The van der Waals surface area contributed by atoms with Crippen LogP contribution in [0, 0.1) is 12.8 Å². The van der Waals surface area contributed by atoms with E-state index in [0.29, 0.717) is 12.0 Å². The van der Waals surface area contributed by atoms with Crippen molar-refractivity contribution in [3.8, 4) is 5.75 Å². The van der Waals surface area contributed by atoms with Crippen molar-refractivity contribution in [1.29, 1.82) is 0 Å². The van der Waals surface area contributed by atoms with E-state index in [1.165, 1.54) is 57.8 Å². The highest BCUT2D eigenvalue weighted by Gasteiger charge is 2.10. The zero-order chi connectivity index (χ0) is 18.5. The normalized spacial score (nSPS) is 11.2. The maximum atomic E-state index is 12.1. The molecule has 1 N–H and O–H groups in total. The number of aryl methyl sites for hydroxylation is 1. The van der Waals surface area contributed by atoms with E-state index in [9.17, 15) is 9.90 Å². The van der Waals surface area contributed by atoms with Gasteiger partial charge in [0.05, 0.1) is 5.56 Å². The van der Waals surface area contributed by atoms with Gasteiger partial charge in [-0.25, -0.2) is 0 Å². The first-order valence-corrected chi connectivity index (χ1v) is 10.3. The molecule has 0 fully saturated rings. The van der Waals surface area contributed by atoms with Crippen LogP contribution < -0.4 is 0 Å². The average molecular weight is 347 g/mol. The predicted octanol–water partition coefficient (Wildman–Crippen LogP) is 7.22. The maximum Gasteiger partial charge on any atom is 0.166 e. The highest BCUT2D eigenvalue weighted by atomic mass is 16.3. The number of aromatic hydroxyl groups is 1. The Morgan fingerprint density at radius 2 is 1.40 bits per heavy atom. The fourth-order valence-corrected chi connectivity index (χ4v) is 3.26. The van der Waals surface area contributed by atoms with Gasteiger partial charge in [0.25, 0.3) is 0 Å². The first kappa shape index (κ1) is 21.7. The van der Waals surface area contributed by atoms with Gasteiger partial charge in [-0.2, -0.15) is 0 Å². The molecule has 0 heterocycles. The zero-order valence-corrected chi connectivity index (χ0v) is 16.7. The van der Waals surface area contributed by atoms with Crippen molar-refractivity contribution < 1.29 is 9.90 Å². The molecule has 0 radical (unpaired) electrons. The van der Waals surface area contributed by atoms with E-state index < -0.39 is 0 Å². The van der Waals surface area contributed by atoms with Crippen molar-refractivity contribution in [2.45, 2.75) is 97.8 Å². The van der Waals surface area contributed by atoms with Crippen LogP contribution in [0.15, 0.2) is 18.2 Å². The molecule has 0 unspecified atom stereocenters. The van der Waals surface area contributed by atoms with Crippen molar-refractivity contribution in [1.82, 2.24) is 0 Å². The Balaban J connectivity index is 1.96. The molecule has 0 amide bonds. The number of carbonyl (C=O) groups excluding carboxylic acids is 1. The Hall–Kier alpha value is -1.31. The third kappa shape index (κ3) is 10.3. The summed E-state index contributed by atoms with van der Waals surface area (Å²) < 4.78 is 0. The number of hydrogen-bond acceptors (Lipinski definition) is 2. The van der Waals surface area contributed by atoms with Crippen molar-refractivity contribution in [2.24, 2.45) is 5.92 Å². The average Bonchev–Trinajstić information content (AvgIpc) is 2.55. The summed E-state index contributed by atoms with van der Waals surface area (Å²) in [5, 5.41) is 9.85. The molecule has 0 aromatic heterocycles. The SMILES string of the molecule is Cc1ccc(C(=O)CCCCCCCCCCCCC(C)C)c(O)c1. The Bertz CT molecular complexity index is 491. The number of Topliss-reactive ketones (excluding diaryl/α,β-unsaturated/α-hetero) is 1. The van der Waals surface area contributed by atoms with E-state index in [1.54, 1.807) is 12.1 Å². The molecule has 2 heteroatoms. The maximum absolute atomic E-state index is 12.1. The number of hydrogen-bond donors (Lipinski definition) is 1. The lowest BCUT2D eigenvalue weighted by Crippen LogP contribution is -1.99. The standard InChI is InChI=1S/C23H38O2/c1-19(2)14-12-10-8-6-4-5-7-9-11-13-15-22(24)21-17-16-20(3)18-23(21)25/h16-19,25H,4-15H2,1-3H3. The Morgan fingerprint density at radius 1 is 0.880 bits per heavy atom. The van der Waals surface area contributed by atoms with Crippen LogP contribution in [0.25, 0.3) is 0 Å². The molecule has 25 heavy (non-hydrogen) atoms. The van der Waals surface area contributed by atoms with Crippen molar-refractivity contribution in [3.63, 3.8) is 0 Å². The molecule has 1 rings (SSSR count). The molecular weight excluding hydrogens is 308 g/mol. The Kier molecular flexibility index (Phi) is 11.3. The smallest absolute Gasteiger partial charge is 0.166 e. The summed E-state index contributed by atoms with van der Waals surface area (Å²) in [6, 6.07) is 5.29. The minimum atomic E-state index is 0.0684. The van der Waals surface area contributed by atoms with Crippen LogP contribution in [0.3, 0.4) is 0 Å². The fraction of sp³-hybridized carbons (Fsp3) is 0.696. The molecule has 0 aliphatic heterocycles. The van der Waals surface area contributed by atoms with Crippen LogP contribution in [-0.4, -0.2) is 10.9 Å². The van der Waals surface area contributed by atoms with Gasteiger partial charge in [-0.3, -0.25) is 4.79 Å². The number of unbranched alkanes of at least 4 members (excludes halogenated alkanes) is 9. The number of ketones is 1. The molecule has 0 bridgehead atoms. The molecular formula is C23H38O2. The number of phenolic OH excluding ortho intramolecular Hbond substituents is 1. The lowest BCUT2D eigenvalue weighted by Gasteiger charge is -2.06. The number of phenols is 1. The van der Waals surface area contributed by atoms with Gasteiger partial charge >= 0.3 is 0 Å². The van der Waals surface area contributed by atoms with Crippen LogP contribution in [-0.2, 0) is 0 Å². The highest BCUT2D eigenvalue weighted by Crippen LogP contribution is 2.21. The second-order valence-corrected chi connectivity index (χ2v) is 7.91. The first-order chi connectivity index (χ1) is 12.0. The summed E-state index contributed by atoms with van der Waals surface area (Å²) in [5.41, 5.74) is 1.46. The zero-order valence-electron chi connectivity index (χ0n) is 16.7. The molecule has 1 aromatic rings. The third-order valence-electron chi connectivity index (χ3n) is 4.89. The second-order valence-electron chi connectivity index (χ2n) is 7.91. The largest absolute Gasteiger partial charge is 0.507 e. The molecule has 0 aliphatic rings. The monoisotopic (exact) mass is 346 g/mol. The summed E-state index contributed by atoms with van der Waals surface area (Å²) in [6.45, 7) is 6.52.